The van der Waals surface area contributed by atoms with Crippen molar-refractivity contribution in [2.45, 2.75) is 16.5 Å². The topological polar surface area (TPSA) is 455 Å². The average Bonchev–Trinajstić information content (AvgIpc) is 2.08. The Bertz CT molecular complexity index is 607. The number of hydrogen-bond donors (Lipinski definition) is 0. The molecule has 0 amide bonds. The first-order valence-electron chi connectivity index (χ1n) is 3.81. The van der Waals surface area contributed by atoms with E-state index in [1.165, 1.54) is 0 Å². The van der Waals surface area contributed by atoms with Gasteiger partial charge in [0.1, 0.15) is 0 Å². The Balaban J connectivity index is -0.0000000154. The van der Waals surface area contributed by atoms with Gasteiger partial charge in [0.2, 0.25) is 0 Å². The van der Waals surface area contributed by atoms with E-state index in [2.05, 4.69) is 0 Å². The second-order valence-corrected chi connectivity index (χ2v) is 6.81. The Morgan fingerprint density at radius 1 is 0.353 bits per heavy atom. The molecule has 0 aliphatic carbocycles. The van der Waals surface area contributed by atoms with Crippen molar-refractivity contribution < 1.29 is 142 Å². The molecule has 0 aromatic rings. The minimum absolute atomic E-state index is 0. The van der Waals surface area contributed by atoms with Crippen molar-refractivity contribution in [2.75, 3.05) is 0 Å². The maximum absolute atomic E-state index is 10.7. The Labute approximate surface area is 189 Å². The SMILES string of the molecule is O.O.O.O.O.O.O.O.O.O=S(=O)([O-])C(F)(F)F.O=S(=O)([O-])C(F)(F)F.O=S(=O)([O-])C(F)(F)F.[Am]. The number of halogens is 9. The predicted molar refractivity (Wildman–Crippen MR) is 79.8 cm³/mol. The Kier molecular flexibility index (Phi) is 62.6. The summed E-state index contributed by atoms with van der Waals surface area (Å²) >= 11 is 0. The molecule has 34 heavy (non-hydrogen) atoms. The van der Waals surface area contributed by atoms with E-state index in [4.69, 9.17) is 38.9 Å². The van der Waals surface area contributed by atoms with E-state index < -0.39 is 46.9 Å². The molecular formula is C3H18AmF9O18S3-3. The molecule has 0 rings (SSSR count). The standard InChI is InChI=1S/3CHF3O3S.Am.9H2O/c3*2-1(3,4)8(5,6)7;;;;;;;;;;/h3*(H,5,6,7);;9*1H2/p-3. The molecule has 0 spiro atoms. The van der Waals surface area contributed by atoms with Gasteiger partial charge in [-0.05, 0) is 0 Å². The van der Waals surface area contributed by atoms with Gasteiger partial charge >= 0.3 is 16.5 Å². The summed E-state index contributed by atoms with van der Waals surface area (Å²) in [5.41, 5.74) is -16.9. The third-order valence-electron chi connectivity index (χ3n) is 0.850. The zero-order valence-electron chi connectivity index (χ0n) is 14.7. The minimum atomic E-state index is -6.09. The van der Waals surface area contributed by atoms with Gasteiger partial charge in [-0.3, -0.25) is 0 Å². The van der Waals surface area contributed by atoms with Crippen LogP contribution in [-0.2, 0) is 30.4 Å². The number of alkyl halides is 9. The summed E-state index contributed by atoms with van der Waals surface area (Å²) in [5, 5.41) is 0. The van der Waals surface area contributed by atoms with E-state index in [1.807, 2.05) is 0 Å². The maximum Gasteiger partial charge on any atom is 0.485 e. The molecule has 0 bridgehead atoms. The average molecular weight is 852 g/mol. The first-order valence-corrected chi connectivity index (χ1v) is 8.04. The van der Waals surface area contributed by atoms with Gasteiger partial charge in [-0.15, -0.1) is 0 Å². The van der Waals surface area contributed by atoms with Crippen LogP contribution >= 0.6 is 0 Å². The molecule has 0 saturated heterocycles. The van der Waals surface area contributed by atoms with E-state index >= 15 is 0 Å². The van der Waals surface area contributed by atoms with Crippen LogP contribution in [0.15, 0.2) is 0 Å². The summed E-state index contributed by atoms with van der Waals surface area (Å²) in [5.74, 6) is 0. The quantitative estimate of drug-likeness (QED) is 0.127. The van der Waals surface area contributed by atoms with Crippen molar-refractivity contribution in [3.05, 3.63) is 0 Å². The maximum atomic E-state index is 10.7. The Hall–Kier alpha value is -0.870. The normalized spacial score (nSPS) is 9.88. The summed E-state index contributed by atoms with van der Waals surface area (Å²) in [6.45, 7) is 0. The van der Waals surface area contributed by atoms with Crippen LogP contribution in [0.4, 0.5) is 39.5 Å². The van der Waals surface area contributed by atoms with Gasteiger partial charge in [-0.2, -0.15) is 39.5 Å². The van der Waals surface area contributed by atoms with Crippen LogP contribution in [-0.4, -0.2) is 105 Å². The molecule has 0 aromatic heterocycles. The van der Waals surface area contributed by atoms with Gasteiger partial charge in [0.25, 0.3) is 0 Å². The monoisotopic (exact) mass is 850 g/mol. The molecule has 0 saturated carbocycles. The Morgan fingerprint density at radius 3 is 0.382 bits per heavy atom. The summed E-state index contributed by atoms with van der Waals surface area (Å²) in [6.07, 6.45) is 0. The molecule has 31 heteroatoms. The first kappa shape index (κ1) is 84.4. The molecule has 0 aliphatic heterocycles. The molecule has 0 fully saturated rings. The number of hydrogen-bond acceptors (Lipinski definition) is 9. The van der Waals surface area contributed by atoms with Crippen molar-refractivity contribution >= 4 is 30.4 Å². The van der Waals surface area contributed by atoms with Crippen molar-refractivity contribution in [2.24, 2.45) is 0 Å². The van der Waals surface area contributed by atoms with Gasteiger partial charge in [0, 0.05) is 14.3 Å². The van der Waals surface area contributed by atoms with Crippen molar-refractivity contribution in [1.29, 1.82) is 0 Å². The van der Waals surface area contributed by atoms with E-state index in [9.17, 15) is 39.5 Å². The summed E-state index contributed by atoms with van der Waals surface area (Å²) in [4.78, 5) is 0. The molecule has 0 atom stereocenters. The van der Waals surface area contributed by atoms with Crippen LogP contribution in [0, 0.1) is 14.3 Å². The predicted octanol–water partition coefficient (Wildman–Crippen LogP) is -7.27. The molecule has 18 nitrogen and oxygen atoms in total. The van der Waals surface area contributed by atoms with Gasteiger partial charge < -0.3 is 62.9 Å². The summed E-state index contributed by atoms with van der Waals surface area (Å²) in [7, 11) is -18.3. The minimum Gasteiger partial charge on any atom is -0.741 e. The van der Waals surface area contributed by atoms with E-state index in [1.54, 1.807) is 0 Å². The molecule has 1 radical (unpaired) electrons. The second kappa shape index (κ2) is 25.2. The van der Waals surface area contributed by atoms with E-state index in [0.717, 1.165) is 0 Å². The zero-order valence-corrected chi connectivity index (χ0v) is 20.3. The van der Waals surface area contributed by atoms with Crippen molar-refractivity contribution in [3.8, 4) is 0 Å². The van der Waals surface area contributed by atoms with Crippen LogP contribution in [0.3, 0.4) is 0 Å². The molecule has 18 N–H and O–H groups in total. The molecule has 229 valence electrons. The fourth-order valence-corrected chi connectivity index (χ4v) is 0. The third-order valence-corrected chi connectivity index (χ3v) is 2.55. The van der Waals surface area contributed by atoms with Crippen LogP contribution in [0.25, 0.3) is 0 Å². The van der Waals surface area contributed by atoms with Gasteiger partial charge in [-0.25, -0.2) is 25.3 Å². The van der Waals surface area contributed by atoms with Crippen molar-refractivity contribution in [1.82, 2.24) is 0 Å². The van der Waals surface area contributed by atoms with Gasteiger partial charge in [0.15, 0.2) is 30.4 Å². The second-order valence-electron chi connectivity index (χ2n) is 2.70. The van der Waals surface area contributed by atoms with Gasteiger partial charge in [-0.1, -0.05) is 0 Å². The van der Waals surface area contributed by atoms with Crippen LogP contribution < -0.4 is 0 Å². The van der Waals surface area contributed by atoms with Crippen LogP contribution in [0.1, 0.15) is 0 Å². The van der Waals surface area contributed by atoms with E-state index in [-0.39, 0.29) is 63.6 Å². The molecular weight excluding hydrogens is 834 g/mol. The molecule has 0 aromatic carbocycles. The molecule has 0 heterocycles. The van der Waals surface area contributed by atoms with Gasteiger partial charge in [0.05, 0.1) is 0 Å². The first-order chi connectivity index (χ1) is 9.75. The largest absolute Gasteiger partial charge is 0.741 e. The van der Waals surface area contributed by atoms with Crippen molar-refractivity contribution in [3.63, 3.8) is 0 Å². The van der Waals surface area contributed by atoms with Crippen LogP contribution in [0.2, 0.25) is 0 Å². The fraction of sp³-hybridized carbons (Fsp3) is 1.00. The summed E-state index contributed by atoms with van der Waals surface area (Å²) < 4.78 is 177. The van der Waals surface area contributed by atoms with E-state index in [0.29, 0.717) is 0 Å². The zero-order chi connectivity index (χ0) is 21.0. The number of rotatable bonds is 0. The third kappa shape index (κ3) is 41.4. The molecule has 0 aliphatic rings. The van der Waals surface area contributed by atoms with Crippen LogP contribution in [0.5, 0.6) is 0 Å². The fourth-order valence-electron chi connectivity index (χ4n) is 0. The smallest absolute Gasteiger partial charge is 0.485 e. The summed E-state index contributed by atoms with van der Waals surface area (Å²) in [6, 6.07) is 0. The Morgan fingerprint density at radius 2 is 0.382 bits per heavy atom. The molecule has 0 unspecified atom stereocenters.